The Morgan fingerprint density at radius 1 is 0.732 bits per heavy atom. The Morgan fingerprint density at radius 3 is 1.61 bits per heavy atom. The second-order valence-electron chi connectivity index (χ2n) is 13.3. The largest absolute Gasteiger partial charge is 0.389 e. The molecule has 0 saturated carbocycles. The summed E-state index contributed by atoms with van der Waals surface area (Å²) >= 11 is 0. The van der Waals surface area contributed by atoms with Gasteiger partial charge in [-0.1, -0.05) is 0 Å². The average molecular weight is 772 g/mol. The van der Waals surface area contributed by atoms with Gasteiger partial charge in [0.15, 0.2) is 11.6 Å². The summed E-state index contributed by atoms with van der Waals surface area (Å²) in [7, 11) is 3.68. The van der Waals surface area contributed by atoms with Gasteiger partial charge in [-0.25, -0.2) is 14.4 Å². The highest BCUT2D eigenvalue weighted by atomic mass is 16.6. The number of anilines is 8. The molecule has 3 atom stereocenters. The molecule has 2 aromatic heterocycles. The van der Waals surface area contributed by atoms with E-state index in [0.29, 0.717) is 49.2 Å². The summed E-state index contributed by atoms with van der Waals surface area (Å²) in [6, 6.07) is 11.1. The van der Waals surface area contributed by atoms with Gasteiger partial charge >= 0.3 is 23.9 Å². The van der Waals surface area contributed by atoms with Crippen molar-refractivity contribution >= 4 is 70.2 Å². The lowest BCUT2D eigenvalue weighted by atomic mass is 10.1. The van der Waals surface area contributed by atoms with E-state index in [1.165, 1.54) is 24.3 Å². The number of nitrogens with one attached hydrogen (secondary N) is 6. The zero-order valence-electron chi connectivity index (χ0n) is 30.4. The number of nitrogen functional groups attached to an aromatic ring is 2. The molecule has 0 fully saturated rings. The van der Waals surface area contributed by atoms with Crippen LogP contribution < -0.4 is 59.4 Å². The molecule has 0 spiro atoms. The maximum Gasteiger partial charge on any atom is 0.345 e. The Balaban J connectivity index is 0.910. The monoisotopic (exact) mass is 771 g/mol. The molecule has 4 heterocycles. The minimum absolute atomic E-state index is 0.0150. The Morgan fingerprint density at radius 2 is 1.16 bits per heavy atom. The van der Waals surface area contributed by atoms with Gasteiger partial charge in [-0.2, -0.15) is 9.97 Å². The third kappa shape index (κ3) is 9.13. The molecule has 2 aliphatic rings. The number of hydrogen-bond acceptors (Lipinski definition) is 19. The third-order valence-electron chi connectivity index (χ3n) is 9.04. The van der Waals surface area contributed by atoms with Crippen LogP contribution >= 0.6 is 0 Å². The summed E-state index contributed by atoms with van der Waals surface area (Å²) in [5, 5.41) is 12.5. The lowest BCUT2D eigenvalue weighted by molar-refractivity contribution is -0.140. The van der Waals surface area contributed by atoms with Crippen molar-refractivity contribution in [3.05, 3.63) is 80.4 Å². The number of rotatable bonds is 12. The lowest BCUT2D eigenvalue weighted by Gasteiger charge is -2.31. The first kappa shape index (κ1) is 38.6. The number of H-pyrrole nitrogens is 2. The van der Waals surface area contributed by atoms with Crippen LogP contribution in [0.15, 0.2) is 58.1 Å². The molecular weight excluding hydrogens is 730 g/mol. The van der Waals surface area contributed by atoms with E-state index < -0.39 is 29.9 Å². The summed E-state index contributed by atoms with van der Waals surface area (Å²) in [4.78, 5) is 91.6. The van der Waals surface area contributed by atoms with Crippen LogP contribution in [0.2, 0.25) is 0 Å². The Hall–Kier alpha value is -7.16. The summed E-state index contributed by atoms with van der Waals surface area (Å²) in [6.45, 7) is 1.95. The first-order valence-electron chi connectivity index (χ1n) is 17.4. The number of nitrogens with two attached hydrogens (primary N) is 3. The fourth-order valence-electron chi connectivity index (χ4n) is 6.08. The highest BCUT2D eigenvalue weighted by molar-refractivity contribution is 5.99. The van der Waals surface area contributed by atoms with E-state index in [2.05, 4.69) is 41.2 Å². The standard InChI is InChI=1S/C35H41N13O8/c1-47(15-19-13-39-27-25(41-19)29(50)45-34(37)43-27)21-7-3-17(4-8-21)31(52)55-24(49)12-11-23(36)33(54)56-32(53)18-5-9-22(10-6-18)48(2)16-20-14-40-28-26(42-20)30(51)46-35(38)44-28/h3-10,19-20,23,41-42H,11-16,36H2,1-2H3,(H4,37,39,43,45,50)(H4,38,40,44,46,51). The molecule has 2 aliphatic heterocycles. The molecule has 21 heteroatoms. The number of ether oxygens (including phenoxy) is 2. The zero-order valence-corrected chi connectivity index (χ0v) is 30.4. The third-order valence-corrected chi connectivity index (χ3v) is 9.04. The van der Waals surface area contributed by atoms with Gasteiger partial charge in [0.1, 0.15) is 17.4 Å². The minimum Gasteiger partial charge on any atom is -0.389 e. The second kappa shape index (κ2) is 16.5. The van der Waals surface area contributed by atoms with Gasteiger partial charge in [-0.3, -0.25) is 24.4 Å². The highest BCUT2D eigenvalue weighted by Crippen LogP contribution is 2.23. The zero-order chi connectivity index (χ0) is 40.1. The average Bonchev–Trinajstić information content (AvgIpc) is 3.17. The normalized spacial score (nSPS) is 15.9. The lowest BCUT2D eigenvalue weighted by Crippen LogP contribution is -2.44. The van der Waals surface area contributed by atoms with E-state index in [1.54, 1.807) is 24.3 Å². The SMILES string of the molecule is CN(CC1CNc2nc(N)[nH]c(=O)c2N1)c1ccc(C(=O)OC(=O)CCC(N)C(=O)OC(=O)c2ccc(N(C)CC3CNc4nc(N)[nH]c(=O)c4N3)cc2)cc1. The first-order valence-corrected chi connectivity index (χ1v) is 17.4. The van der Waals surface area contributed by atoms with E-state index in [9.17, 15) is 28.8 Å². The summed E-state index contributed by atoms with van der Waals surface area (Å²) in [6.07, 6.45) is -0.621. The Bertz CT molecular complexity index is 2240. The highest BCUT2D eigenvalue weighted by Gasteiger charge is 2.26. The van der Waals surface area contributed by atoms with E-state index >= 15 is 0 Å². The number of hydrogen-bond donors (Lipinski definition) is 9. The van der Waals surface area contributed by atoms with E-state index in [1.807, 2.05) is 23.9 Å². The molecule has 12 N–H and O–H groups in total. The number of esters is 4. The molecule has 6 rings (SSSR count). The van der Waals surface area contributed by atoms with Crippen molar-refractivity contribution in [1.29, 1.82) is 0 Å². The number of benzene rings is 2. The number of fused-ring (bicyclic) bond motifs is 2. The van der Waals surface area contributed by atoms with Gasteiger partial charge < -0.3 is 57.7 Å². The predicted octanol–water partition coefficient (Wildman–Crippen LogP) is -0.123. The topological polar surface area (TPSA) is 311 Å². The fourth-order valence-corrected chi connectivity index (χ4v) is 6.08. The van der Waals surface area contributed by atoms with Crippen LogP contribution in [0, 0.1) is 0 Å². The Labute approximate surface area is 318 Å². The van der Waals surface area contributed by atoms with Gasteiger partial charge in [-0.15, -0.1) is 0 Å². The fraction of sp³-hybridized carbons (Fsp3) is 0.314. The molecule has 3 unspecified atom stereocenters. The van der Waals surface area contributed by atoms with Crippen molar-refractivity contribution in [3.63, 3.8) is 0 Å². The van der Waals surface area contributed by atoms with Crippen LogP contribution in [0.4, 0.5) is 46.3 Å². The molecule has 0 bridgehead atoms. The van der Waals surface area contributed by atoms with Gasteiger partial charge in [0.05, 0.1) is 23.2 Å². The smallest absolute Gasteiger partial charge is 0.345 e. The maximum absolute atomic E-state index is 12.7. The van der Waals surface area contributed by atoms with E-state index in [4.69, 9.17) is 26.7 Å². The molecular formula is C35H41N13O8. The van der Waals surface area contributed by atoms with Crippen LogP contribution in [0.25, 0.3) is 0 Å². The quantitative estimate of drug-likeness (QED) is 0.0669. The van der Waals surface area contributed by atoms with Gasteiger partial charge in [0.25, 0.3) is 11.1 Å². The second-order valence-corrected chi connectivity index (χ2v) is 13.3. The first-order chi connectivity index (χ1) is 26.7. The van der Waals surface area contributed by atoms with Gasteiger partial charge in [0.2, 0.25) is 11.9 Å². The molecule has 2 aromatic carbocycles. The molecule has 0 saturated heterocycles. The van der Waals surface area contributed by atoms with Crippen molar-refractivity contribution in [2.75, 3.05) is 82.8 Å². The van der Waals surface area contributed by atoms with E-state index in [0.717, 1.165) is 11.4 Å². The van der Waals surface area contributed by atoms with Crippen molar-refractivity contribution in [1.82, 2.24) is 19.9 Å². The molecule has 21 nitrogen and oxygen atoms in total. The number of carbonyl (C=O) groups is 4. The van der Waals surface area contributed by atoms with Crippen molar-refractivity contribution in [2.45, 2.75) is 31.0 Å². The minimum atomic E-state index is -1.34. The number of aromatic amines is 2. The molecule has 0 aliphatic carbocycles. The number of carbonyl (C=O) groups excluding carboxylic acids is 4. The van der Waals surface area contributed by atoms with Crippen molar-refractivity contribution in [2.24, 2.45) is 5.73 Å². The molecule has 4 aromatic rings. The van der Waals surface area contributed by atoms with Crippen molar-refractivity contribution in [3.8, 4) is 0 Å². The predicted molar refractivity (Wildman–Crippen MR) is 208 cm³/mol. The van der Waals surface area contributed by atoms with Crippen molar-refractivity contribution < 1.29 is 28.7 Å². The van der Waals surface area contributed by atoms with Gasteiger partial charge in [0, 0.05) is 58.1 Å². The van der Waals surface area contributed by atoms with E-state index in [-0.39, 0.29) is 59.1 Å². The number of likely N-dealkylation sites (N-methyl/N-ethyl adjacent to an activating group) is 2. The summed E-state index contributed by atoms with van der Waals surface area (Å²) < 4.78 is 9.85. The molecule has 56 heavy (non-hydrogen) atoms. The van der Waals surface area contributed by atoms with Crippen LogP contribution in [0.1, 0.15) is 33.6 Å². The Kier molecular flexibility index (Phi) is 11.3. The molecule has 294 valence electrons. The van der Waals surface area contributed by atoms with Crippen LogP contribution in [-0.2, 0) is 19.1 Å². The van der Waals surface area contributed by atoms with Crippen LogP contribution in [0.5, 0.6) is 0 Å². The maximum atomic E-state index is 12.7. The van der Waals surface area contributed by atoms with Crippen LogP contribution in [-0.4, -0.2) is 102 Å². The number of nitrogens with zero attached hydrogens (tertiary/aromatic N) is 4. The summed E-state index contributed by atoms with van der Waals surface area (Å²) in [5.41, 5.74) is 18.6. The van der Waals surface area contributed by atoms with Gasteiger partial charge in [-0.05, 0) is 55.0 Å². The van der Waals surface area contributed by atoms with Crippen LogP contribution in [0.3, 0.4) is 0 Å². The molecule has 0 radical (unpaired) electrons. The molecule has 0 amide bonds. The summed E-state index contributed by atoms with van der Waals surface area (Å²) in [5.74, 6) is -2.99. The number of aromatic nitrogens is 4.